The summed E-state index contributed by atoms with van der Waals surface area (Å²) in [7, 11) is 0. The molecular formula is C47H32. The molecule has 0 radical (unpaired) electrons. The second-order valence-electron chi connectivity index (χ2n) is 13.7. The standard InChI is InChI=1S/C47H32/c1-47(2)42-25-23-33(28-41(42)46-36-14-6-4-12-30(36)22-26-43(46)47)45-39-17-9-7-15-37(39)44(38-16-8-10-18-40(38)45)32-21-24-35-31(27-32)20-19-29-11-3-5-13-34(29)35/h3-28H,1-2H3. The average Bonchev–Trinajstić information content (AvgIpc) is 3.35. The molecule has 0 nitrogen and oxygen atoms in total. The monoisotopic (exact) mass is 596 g/mol. The summed E-state index contributed by atoms with van der Waals surface area (Å²) >= 11 is 0. The largest absolute Gasteiger partial charge is 0.0616 e. The van der Waals surface area contributed by atoms with Gasteiger partial charge in [-0.2, -0.15) is 0 Å². The zero-order valence-electron chi connectivity index (χ0n) is 26.5. The van der Waals surface area contributed by atoms with Crippen molar-refractivity contribution in [2.75, 3.05) is 0 Å². The van der Waals surface area contributed by atoms with E-state index in [9.17, 15) is 0 Å². The van der Waals surface area contributed by atoms with Crippen molar-refractivity contribution >= 4 is 53.9 Å². The molecule has 0 heteroatoms. The van der Waals surface area contributed by atoms with E-state index in [1.54, 1.807) is 0 Å². The minimum absolute atomic E-state index is 0.0529. The highest BCUT2D eigenvalue weighted by Crippen LogP contribution is 2.53. The second kappa shape index (κ2) is 9.64. The molecule has 9 aromatic carbocycles. The van der Waals surface area contributed by atoms with Crippen LogP contribution in [0, 0.1) is 0 Å². The van der Waals surface area contributed by atoms with Gasteiger partial charge in [0.15, 0.2) is 0 Å². The van der Waals surface area contributed by atoms with Gasteiger partial charge in [-0.25, -0.2) is 0 Å². The van der Waals surface area contributed by atoms with E-state index in [1.807, 2.05) is 0 Å². The second-order valence-corrected chi connectivity index (χ2v) is 13.7. The topological polar surface area (TPSA) is 0 Å². The Morgan fingerprint density at radius 1 is 0.319 bits per heavy atom. The maximum Gasteiger partial charge on any atom is 0.0159 e. The molecule has 0 amide bonds. The van der Waals surface area contributed by atoms with Crippen LogP contribution in [0.1, 0.15) is 25.0 Å². The lowest BCUT2D eigenvalue weighted by atomic mass is 9.81. The quantitative estimate of drug-likeness (QED) is 0.138. The molecule has 0 saturated carbocycles. The average molecular weight is 597 g/mol. The van der Waals surface area contributed by atoms with Crippen molar-refractivity contribution in [3.8, 4) is 33.4 Å². The minimum Gasteiger partial charge on any atom is -0.0616 e. The number of benzene rings is 9. The lowest BCUT2D eigenvalue weighted by molar-refractivity contribution is 0.661. The Morgan fingerprint density at radius 2 is 0.766 bits per heavy atom. The van der Waals surface area contributed by atoms with Gasteiger partial charge in [0, 0.05) is 5.41 Å². The molecule has 0 bridgehead atoms. The van der Waals surface area contributed by atoms with Crippen LogP contribution in [0.5, 0.6) is 0 Å². The van der Waals surface area contributed by atoms with Crippen LogP contribution in [-0.2, 0) is 5.41 Å². The van der Waals surface area contributed by atoms with Gasteiger partial charge in [0.1, 0.15) is 0 Å². The summed E-state index contributed by atoms with van der Waals surface area (Å²) in [4.78, 5) is 0. The molecule has 47 heavy (non-hydrogen) atoms. The predicted molar refractivity (Wildman–Crippen MR) is 202 cm³/mol. The highest BCUT2D eigenvalue weighted by molar-refractivity contribution is 6.22. The zero-order valence-corrected chi connectivity index (χ0v) is 26.5. The maximum atomic E-state index is 2.48. The van der Waals surface area contributed by atoms with Crippen molar-refractivity contribution in [2.24, 2.45) is 0 Å². The molecule has 0 aliphatic heterocycles. The fourth-order valence-corrected chi connectivity index (χ4v) is 8.60. The molecule has 0 heterocycles. The van der Waals surface area contributed by atoms with Crippen LogP contribution < -0.4 is 0 Å². The fourth-order valence-electron chi connectivity index (χ4n) is 8.60. The van der Waals surface area contributed by atoms with Gasteiger partial charge in [-0.15, -0.1) is 0 Å². The third kappa shape index (κ3) is 3.70. The van der Waals surface area contributed by atoms with Crippen LogP contribution in [0.4, 0.5) is 0 Å². The summed E-state index contributed by atoms with van der Waals surface area (Å²) in [5.74, 6) is 0. The highest BCUT2D eigenvalue weighted by Gasteiger charge is 2.36. The first-order valence-corrected chi connectivity index (χ1v) is 16.6. The third-order valence-electron chi connectivity index (χ3n) is 10.8. The van der Waals surface area contributed by atoms with Crippen LogP contribution in [0.15, 0.2) is 158 Å². The van der Waals surface area contributed by atoms with E-state index < -0.39 is 0 Å². The highest BCUT2D eigenvalue weighted by atomic mass is 14.4. The molecule has 0 unspecified atom stereocenters. The molecular weight excluding hydrogens is 565 g/mol. The number of rotatable bonds is 2. The SMILES string of the molecule is CC1(C)c2ccc(-c3c4ccccc4c(-c4ccc5c(ccc6ccccc65)c4)c4ccccc34)cc2-c2c1ccc1ccccc21. The smallest absolute Gasteiger partial charge is 0.0159 e. The first-order valence-electron chi connectivity index (χ1n) is 16.6. The number of hydrogen-bond acceptors (Lipinski definition) is 0. The van der Waals surface area contributed by atoms with Gasteiger partial charge in [-0.05, 0) is 111 Å². The Morgan fingerprint density at radius 3 is 1.43 bits per heavy atom. The van der Waals surface area contributed by atoms with Gasteiger partial charge >= 0.3 is 0 Å². The summed E-state index contributed by atoms with van der Waals surface area (Å²) in [6.45, 7) is 4.75. The van der Waals surface area contributed by atoms with Crippen molar-refractivity contribution in [1.82, 2.24) is 0 Å². The van der Waals surface area contributed by atoms with E-state index in [1.165, 1.54) is 98.4 Å². The summed E-state index contributed by atoms with van der Waals surface area (Å²) in [5.41, 5.74) is 10.6. The summed E-state index contributed by atoms with van der Waals surface area (Å²) < 4.78 is 0. The van der Waals surface area contributed by atoms with Crippen molar-refractivity contribution in [3.05, 3.63) is 169 Å². The van der Waals surface area contributed by atoms with Crippen LogP contribution in [0.25, 0.3) is 87.2 Å². The first kappa shape index (κ1) is 26.5. The van der Waals surface area contributed by atoms with Crippen LogP contribution >= 0.6 is 0 Å². The van der Waals surface area contributed by atoms with Gasteiger partial charge in [-0.1, -0.05) is 159 Å². The van der Waals surface area contributed by atoms with E-state index in [0.29, 0.717) is 0 Å². The molecule has 0 atom stereocenters. The Labute approximate surface area is 274 Å². The van der Waals surface area contributed by atoms with Gasteiger partial charge < -0.3 is 0 Å². The fraction of sp³-hybridized carbons (Fsp3) is 0.0638. The normalized spacial score (nSPS) is 13.5. The maximum absolute atomic E-state index is 2.48. The molecule has 0 aromatic heterocycles. The Balaban J connectivity index is 1.25. The molecule has 0 spiro atoms. The molecule has 10 rings (SSSR count). The van der Waals surface area contributed by atoms with E-state index in [2.05, 4.69) is 172 Å². The van der Waals surface area contributed by atoms with Crippen LogP contribution in [0.3, 0.4) is 0 Å². The van der Waals surface area contributed by atoms with E-state index in [-0.39, 0.29) is 5.41 Å². The van der Waals surface area contributed by atoms with E-state index in [0.717, 1.165) is 0 Å². The van der Waals surface area contributed by atoms with Crippen molar-refractivity contribution in [2.45, 2.75) is 19.3 Å². The number of hydrogen-bond donors (Lipinski definition) is 0. The Hall–Kier alpha value is -5.72. The van der Waals surface area contributed by atoms with Gasteiger partial charge in [0.2, 0.25) is 0 Å². The van der Waals surface area contributed by atoms with Crippen LogP contribution in [-0.4, -0.2) is 0 Å². The van der Waals surface area contributed by atoms with E-state index >= 15 is 0 Å². The van der Waals surface area contributed by atoms with Gasteiger partial charge in [-0.3, -0.25) is 0 Å². The van der Waals surface area contributed by atoms with Crippen molar-refractivity contribution < 1.29 is 0 Å². The van der Waals surface area contributed by atoms with E-state index in [4.69, 9.17) is 0 Å². The predicted octanol–water partition coefficient (Wildman–Crippen LogP) is 13.1. The van der Waals surface area contributed by atoms with Crippen LogP contribution in [0.2, 0.25) is 0 Å². The number of fused-ring (bicyclic) bond motifs is 10. The van der Waals surface area contributed by atoms with Gasteiger partial charge in [0.05, 0.1) is 0 Å². The third-order valence-corrected chi connectivity index (χ3v) is 10.8. The molecule has 0 N–H and O–H groups in total. The molecule has 1 aliphatic carbocycles. The van der Waals surface area contributed by atoms with Gasteiger partial charge in [0.25, 0.3) is 0 Å². The van der Waals surface area contributed by atoms with Crippen molar-refractivity contribution in [3.63, 3.8) is 0 Å². The molecule has 9 aromatic rings. The molecule has 0 saturated heterocycles. The lowest BCUT2D eigenvalue weighted by Gasteiger charge is -2.22. The minimum atomic E-state index is -0.0529. The Kier molecular flexibility index (Phi) is 5.44. The Bertz CT molecular complexity index is 2700. The molecule has 1 aliphatic rings. The summed E-state index contributed by atoms with van der Waals surface area (Å²) in [6, 6.07) is 58.9. The zero-order chi connectivity index (χ0) is 31.3. The lowest BCUT2D eigenvalue weighted by Crippen LogP contribution is -2.14. The summed E-state index contributed by atoms with van der Waals surface area (Å²) in [5, 5.41) is 12.9. The van der Waals surface area contributed by atoms with Crippen molar-refractivity contribution in [1.29, 1.82) is 0 Å². The first-order chi connectivity index (χ1) is 23.1. The molecule has 0 fully saturated rings. The molecule has 220 valence electrons. The summed E-state index contributed by atoms with van der Waals surface area (Å²) in [6.07, 6.45) is 0.